The maximum Gasteiger partial charge on any atom is 0.234 e. The molecule has 0 aliphatic carbocycles. The van der Waals surface area contributed by atoms with Crippen LogP contribution in [0.15, 0.2) is 23.8 Å². The molecular formula is C18H25N5OS. The molecule has 1 saturated heterocycles. The molecule has 7 heteroatoms. The normalized spacial score (nSPS) is 15.4. The van der Waals surface area contributed by atoms with Gasteiger partial charge in [0.25, 0.3) is 0 Å². The molecule has 1 fully saturated rings. The third-order valence-electron chi connectivity index (χ3n) is 4.57. The SMILES string of the molecule is CCc1c(C)ncnc1N1CCN(CC(=O)NCc2cccs2)CC1. The van der Waals surface area contributed by atoms with E-state index >= 15 is 0 Å². The highest BCUT2D eigenvalue weighted by atomic mass is 32.1. The van der Waals surface area contributed by atoms with Crippen molar-refractivity contribution in [3.63, 3.8) is 0 Å². The predicted octanol–water partition coefficient (Wildman–Crippen LogP) is 1.85. The summed E-state index contributed by atoms with van der Waals surface area (Å²) in [5, 5.41) is 5.02. The number of hydrogen-bond donors (Lipinski definition) is 1. The lowest BCUT2D eigenvalue weighted by Gasteiger charge is -2.35. The standard InChI is InChI=1S/C18H25N5OS/c1-3-16-14(2)20-13-21-18(16)23-8-6-22(7-9-23)12-17(24)19-11-15-5-4-10-25-15/h4-5,10,13H,3,6-9,11-12H2,1-2H3,(H,19,24). The average molecular weight is 359 g/mol. The van der Waals surface area contributed by atoms with Gasteiger partial charge in [-0.1, -0.05) is 13.0 Å². The van der Waals surface area contributed by atoms with Gasteiger partial charge in [-0.25, -0.2) is 9.97 Å². The number of rotatable bonds is 6. The van der Waals surface area contributed by atoms with Crippen molar-refractivity contribution in [3.05, 3.63) is 40.0 Å². The van der Waals surface area contributed by atoms with Crippen molar-refractivity contribution in [2.45, 2.75) is 26.8 Å². The van der Waals surface area contributed by atoms with Crippen LogP contribution in [0, 0.1) is 6.92 Å². The van der Waals surface area contributed by atoms with Crippen molar-refractivity contribution < 1.29 is 4.79 Å². The molecule has 1 aliphatic heterocycles. The fourth-order valence-electron chi connectivity index (χ4n) is 3.15. The van der Waals surface area contributed by atoms with Crippen molar-refractivity contribution in [1.82, 2.24) is 20.2 Å². The Kier molecular flexibility index (Phi) is 5.99. The quantitative estimate of drug-likeness (QED) is 0.853. The Morgan fingerprint density at radius 3 is 2.76 bits per heavy atom. The Morgan fingerprint density at radius 1 is 1.28 bits per heavy atom. The minimum Gasteiger partial charge on any atom is -0.354 e. The van der Waals surface area contributed by atoms with Gasteiger partial charge in [0.1, 0.15) is 12.1 Å². The number of nitrogens with zero attached hydrogens (tertiary/aromatic N) is 4. The minimum absolute atomic E-state index is 0.0916. The molecule has 0 bridgehead atoms. The lowest BCUT2D eigenvalue weighted by molar-refractivity contribution is -0.122. The van der Waals surface area contributed by atoms with Crippen molar-refractivity contribution in [1.29, 1.82) is 0 Å². The van der Waals surface area contributed by atoms with Crippen molar-refractivity contribution in [2.75, 3.05) is 37.6 Å². The molecule has 2 aromatic heterocycles. The van der Waals surface area contributed by atoms with Gasteiger partial charge in [0.05, 0.1) is 13.1 Å². The molecular weight excluding hydrogens is 334 g/mol. The van der Waals surface area contributed by atoms with Gasteiger partial charge in [0, 0.05) is 42.3 Å². The van der Waals surface area contributed by atoms with E-state index in [2.05, 4.69) is 32.0 Å². The summed E-state index contributed by atoms with van der Waals surface area (Å²) in [5.41, 5.74) is 2.28. The Balaban J connectivity index is 1.49. The lowest BCUT2D eigenvalue weighted by Crippen LogP contribution is -2.50. The van der Waals surface area contributed by atoms with E-state index < -0.39 is 0 Å². The number of nitrogens with one attached hydrogen (secondary N) is 1. The van der Waals surface area contributed by atoms with Crippen LogP contribution in [0.1, 0.15) is 23.1 Å². The Hall–Kier alpha value is -1.99. The Labute approximate surface area is 152 Å². The monoisotopic (exact) mass is 359 g/mol. The van der Waals surface area contributed by atoms with Gasteiger partial charge in [-0.3, -0.25) is 9.69 Å². The van der Waals surface area contributed by atoms with Crippen LogP contribution in [-0.4, -0.2) is 53.5 Å². The Bertz CT molecular complexity index is 695. The number of thiophene rings is 1. The van der Waals surface area contributed by atoms with Gasteiger partial charge in [0.15, 0.2) is 0 Å². The molecule has 2 aromatic rings. The first-order valence-electron chi connectivity index (χ1n) is 8.74. The smallest absolute Gasteiger partial charge is 0.234 e. The molecule has 1 aliphatic rings. The number of anilines is 1. The van der Waals surface area contributed by atoms with Crippen LogP contribution in [0.2, 0.25) is 0 Å². The summed E-state index contributed by atoms with van der Waals surface area (Å²) in [4.78, 5) is 26.6. The fourth-order valence-corrected chi connectivity index (χ4v) is 3.79. The van der Waals surface area contributed by atoms with Crippen LogP contribution in [-0.2, 0) is 17.8 Å². The zero-order valence-electron chi connectivity index (χ0n) is 14.9. The number of hydrogen-bond acceptors (Lipinski definition) is 6. The fraction of sp³-hybridized carbons (Fsp3) is 0.500. The van der Waals surface area contributed by atoms with Gasteiger partial charge in [-0.2, -0.15) is 0 Å². The molecule has 25 heavy (non-hydrogen) atoms. The van der Waals surface area contributed by atoms with E-state index in [1.165, 1.54) is 10.4 Å². The first-order chi connectivity index (χ1) is 12.2. The van der Waals surface area contributed by atoms with Gasteiger partial charge in [-0.05, 0) is 24.8 Å². The summed E-state index contributed by atoms with van der Waals surface area (Å²) in [6.45, 7) is 8.79. The molecule has 0 aromatic carbocycles. The van der Waals surface area contributed by atoms with Crippen LogP contribution < -0.4 is 10.2 Å². The summed E-state index contributed by atoms with van der Waals surface area (Å²) in [6.07, 6.45) is 2.58. The molecule has 3 rings (SSSR count). The highest BCUT2D eigenvalue weighted by Gasteiger charge is 2.22. The van der Waals surface area contributed by atoms with Gasteiger partial charge < -0.3 is 10.2 Å². The van der Waals surface area contributed by atoms with Crippen LogP contribution in [0.25, 0.3) is 0 Å². The van der Waals surface area contributed by atoms with E-state index in [0.29, 0.717) is 13.1 Å². The number of aryl methyl sites for hydroxylation is 1. The largest absolute Gasteiger partial charge is 0.354 e. The second-order valence-corrected chi connectivity index (χ2v) is 7.27. The molecule has 6 nitrogen and oxygen atoms in total. The van der Waals surface area contributed by atoms with Crippen molar-refractivity contribution in [3.8, 4) is 0 Å². The molecule has 0 atom stereocenters. The maximum absolute atomic E-state index is 12.1. The zero-order valence-corrected chi connectivity index (χ0v) is 15.7. The number of carbonyl (C=O) groups excluding carboxylic acids is 1. The number of piperazine rings is 1. The second kappa shape index (κ2) is 8.40. The molecule has 0 spiro atoms. The van der Waals surface area contributed by atoms with Gasteiger partial charge in [-0.15, -0.1) is 11.3 Å². The Morgan fingerprint density at radius 2 is 2.08 bits per heavy atom. The van der Waals surface area contributed by atoms with Crippen molar-refractivity contribution in [2.24, 2.45) is 0 Å². The third kappa shape index (κ3) is 4.55. The molecule has 1 amide bonds. The summed E-state index contributed by atoms with van der Waals surface area (Å²) in [6, 6.07) is 4.05. The highest BCUT2D eigenvalue weighted by molar-refractivity contribution is 7.09. The second-order valence-electron chi connectivity index (χ2n) is 6.23. The maximum atomic E-state index is 12.1. The lowest BCUT2D eigenvalue weighted by atomic mass is 10.1. The number of amides is 1. The highest BCUT2D eigenvalue weighted by Crippen LogP contribution is 2.21. The summed E-state index contributed by atoms with van der Waals surface area (Å²) < 4.78 is 0. The van der Waals surface area contributed by atoms with Gasteiger partial charge in [0.2, 0.25) is 5.91 Å². The molecule has 3 heterocycles. The molecule has 0 unspecified atom stereocenters. The van der Waals surface area contributed by atoms with E-state index in [4.69, 9.17) is 0 Å². The topological polar surface area (TPSA) is 61.4 Å². The molecule has 134 valence electrons. The molecule has 1 N–H and O–H groups in total. The minimum atomic E-state index is 0.0916. The number of aromatic nitrogens is 2. The van der Waals surface area contributed by atoms with Crippen LogP contribution in [0.3, 0.4) is 0 Å². The molecule has 0 radical (unpaired) electrons. The number of carbonyl (C=O) groups is 1. The van der Waals surface area contributed by atoms with Crippen LogP contribution >= 0.6 is 11.3 Å². The summed E-state index contributed by atoms with van der Waals surface area (Å²) in [5.74, 6) is 1.14. The zero-order chi connectivity index (χ0) is 17.6. The average Bonchev–Trinajstić information content (AvgIpc) is 3.14. The van der Waals surface area contributed by atoms with Crippen LogP contribution in [0.5, 0.6) is 0 Å². The third-order valence-corrected chi connectivity index (χ3v) is 5.45. The van der Waals surface area contributed by atoms with E-state index in [9.17, 15) is 4.79 Å². The summed E-state index contributed by atoms with van der Waals surface area (Å²) >= 11 is 1.67. The van der Waals surface area contributed by atoms with Gasteiger partial charge >= 0.3 is 0 Å². The predicted molar refractivity (Wildman–Crippen MR) is 101 cm³/mol. The van der Waals surface area contributed by atoms with Crippen LogP contribution in [0.4, 0.5) is 5.82 Å². The first-order valence-corrected chi connectivity index (χ1v) is 9.62. The molecule has 0 saturated carbocycles. The van der Waals surface area contributed by atoms with E-state index in [1.807, 2.05) is 24.4 Å². The van der Waals surface area contributed by atoms with E-state index in [-0.39, 0.29) is 5.91 Å². The van der Waals surface area contributed by atoms with Crippen molar-refractivity contribution >= 4 is 23.1 Å². The summed E-state index contributed by atoms with van der Waals surface area (Å²) in [7, 11) is 0. The van der Waals surface area contributed by atoms with E-state index in [0.717, 1.165) is 44.1 Å². The first kappa shape index (κ1) is 17.8. The van der Waals surface area contributed by atoms with E-state index in [1.54, 1.807) is 17.7 Å².